The summed E-state index contributed by atoms with van der Waals surface area (Å²) < 4.78 is 11.9. The van der Waals surface area contributed by atoms with Gasteiger partial charge in [-0.05, 0) is 49.3 Å². The second-order valence-corrected chi connectivity index (χ2v) is 9.18. The maximum atomic E-state index is 10.9. The van der Waals surface area contributed by atoms with Crippen molar-refractivity contribution in [2.24, 2.45) is 5.92 Å². The number of benzene rings is 2. The van der Waals surface area contributed by atoms with Gasteiger partial charge < -0.3 is 14.3 Å². The van der Waals surface area contributed by atoms with Crippen molar-refractivity contribution >= 4 is 28.7 Å². The molecule has 5 rings (SSSR count). The quantitative estimate of drug-likeness (QED) is 0.331. The Kier molecular flexibility index (Phi) is 6.61. The Labute approximate surface area is 202 Å². The highest BCUT2D eigenvalue weighted by Gasteiger charge is 2.27. The van der Waals surface area contributed by atoms with Gasteiger partial charge in [0.2, 0.25) is 5.71 Å². The minimum atomic E-state index is -0.931. The molecule has 2 unspecified atom stereocenters. The molecular weight excluding hydrogens is 452 g/mol. The summed E-state index contributed by atoms with van der Waals surface area (Å²) in [6.45, 7) is -0.252. The summed E-state index contributed by atoms with van der Waals surface area (Å²) in [5, 5.41) is 10.5. The fraction of sp³-hybridized carbons (Fsp3) is 0.296. The van der Waals surface area contributed by atoms with Crippen LogP contribution in [-0.4, -0.2) is 33.8 Å². The van der Waals surface area contributed by atoms with Gasteiger partial charge in [-0.3, -0.25) is 0 Å². The fourth-order valence-corrected chi connectivity index (χ4v) is 5.00. The molecule has 1 saturated carbocycles. The van der Waals surface area contributed by atoms with Crippen molar-refractivity contribution in [3.05, 3.63) is 71.6 Å². The monoisotopic (exact) mass is 476 g/mol. The zero-order chi connectivity index (χ0) is 23.5. The van der Waals surface area contributed by atoms with Crippen LogP contribution in [0.2, 0.25) is 5.02 Å². The molecular formula is C27H25ClN2O4. The average Bonchev–Trinajstić information content (AvgIpc) is 3.25. The Morgan fingerprint density at radius 2 is 1.85 bits per heavy atom. The first-order chi connectivity index (χ1) is 16.6. The number of rotatable bonds is 7. The van der Waals surface area contributed by atoms with Crippen LogP contribution in [0.4, 0.5) is 0 Å². The first kappa shape index (κ1) is 22.6. The second-order valence-electron chi connectivity index (χ2n) is 8.74. The highest BCUT2D eigenvalue weighted by Crippen LogP contribution is 2.42. The molecule has 1 aliphatic rings. The van der Waals surface area contributed by atoms with Crippen LogP contribution >= 0.6 is 11.6 Å². The summed E-state index contributed by atoms with van der Waals surface area (Å²) in [6, 6.07) is 17.7. The molecule has 0 radical (unpaired) electrons. The van der Waals surface area contributed by atoms with E-state index in [-0.39, 0.29) is 12.7 Å². The standard InChI is InChI=1S/C27H25ClN2O4/c28-20-11-9-18(10-12-20)24-25-22(14-17-5-4-8-21(13-17)33-15-23(31)32)29-16-30-27(25)34-26(24)19-6-2-1-3-7-19/h1-3,6-7,9-12,16-17,21H,4-5,8,13-15H2,(H,31,32). The molecule has 6 nitrogen and oxygen atoms in total. The molecule has 0 saturated heterocycles. The molecule has 2 aromatic carbocycles. The van der Waals surface area contributed by atoms with Crippen molar-refractivity contribution in [1.82, 2.24) is 9.97 Å². The van der Waals surface area contributed by atoms with Crippen LogP contribution in [0.1, 0.15) is 31.4 Å². The van der Waals surface area contributed by atoms with E-state index in [0.29, 0.717) is 16.7 Å². The summed E-state index contributed by atoms with van der Waals surface area (Å²) >= 11 is 6.17. The number of nitrogens with zero attached hydrogens (tertiary/aromatic N) is 2. The second kappa shape index (κ2) is 9.95. The lowest BCUT2D eigenvalue weighted by Gasteiger charge is -2.28. The Morgan fingerprint density at radius 1 is 1.06 bits per heavy atom. The van der Waals surface area contributed by atoms with Gasteiger partial charge in [0.1, 0.15) is 18.7 Å². The average molecular weight is 477 g/mol. The van der Waals surface area contributed by atoms with Crippen molar-refractivity contribution in [2.45, 2.75) is 38.2 Å². The summed E-state index contributed by atoms with van der Waals surface area (Å²) in [5.41, 5.74) is 4.41. The van der Waals surface area contributed by atoms with E-state index in [9.17, 15) is 4.79 Å². The molecule has 0 spiro atoms. The van der Waals surface area contributed by atoms with E-state index in [2.05, 4.69) is 9.97 Å². The lowest BCUT2D eigenvalue weighted by molar-refractivity contribution is -0.145. The molecule has 0 bridgehead atoms. The Hall–Kier alpha value is -3.22. The number of carboxylic acids is 1. The summed E-state index contributed by atoms with van der Waals surface area (Å²) in [6.07, 6.45) is 6.04. The number of carbonyl (C=O) groups is 1. The number of carboxylic acid groups (broad SMARTS) is 1. The molecule has 4 aromatic rings. The highest BCUT2D eigenvalue weighted by molar-refractivity contribution is 6.30. The molecule has 34 heavy (non-hydrogen) atoms. The van der Waals surface area contributed by atoms with Gasteiger partial charge in [0.15, 0.2) is 0 Å². The number of aromatic nitrogens is 2. The molecule has 2 heterocycles. The van der Waals surface area contributed by atoms with Crippen LogP contribution in [0.25, 0.3) is 33.6 Å². The molecule has 7 heteroatoms. The number of aliphatic carboxylic acids is 1. The largest absolute Gasteiger partial charge is 0.480 e. The molecule has 1 aliphatic carbocycles. The number of ether oxygens (including phenoxy) is 1. The molecule has 174 valence electrons. The van der Waals surface area contributed by atoms with Crippen molar-refractivity contribution < 1.29 is 19.1 Å². The van der Waals surface area contributed by atoms with Crippen LogP contribution in [0.15, 0.2) is 65.3 Å². The van der Waals surface area contributed by atoms with E-state index in [1.165, 1.54) is 0 Å². The van der Waals surface area contributed by atoms with Gasteiger partial charge >= 0.3 is 5.97 Å². The summed E-state index contributed by atoms with van der Waals surface area (Å²) in [7, 11) is 0. The van der Waals surface area contributed by atoms with Crippen molar-refractivity contribution in [1.29, 1.82) is 0 Å². The zero-order valence-corrected chi connectivity index (χ0v) is 19.4. The van der Waals surface area contributed by atoms with E-state index >= 15 is 0 Å². The minimum Gasteiger partial charge on any atom is -0.480 e. The van der Waals surface area contributed by atoms with Gasteiger partial charge in [-0.2, -0.15) is 0 Å². The summed E-state index contributed by atoms with van der Waals surface area (Å²) in [4.78, 5) is 20.0. The maximum Gasteiger partial charge on any atom is 0.329 e. The Morgan fingerprint density at radius 3 is 2.62 bits per heavy atom. The van der Waals surface area contributed by atoms with E-state index in [1.807, 2.05) is 54.6 Å². The Balaban J connectivity index is 1.55. The number of halogens is 1. The third-order valence-electron chi connectivity index (χ3n) is 6.39. The third-order valence-corrected chi connectivity index (χ3v) is 6.65. The lowest BCUT2D eigenvalue weighted by Crippen LogP contribution is -2.26. The van der Waals surface area contributed by atoms with Crippen molar-refractivity contribution in [3.63, 3.8) is 0 Å². The van der Waals surface area contributed by atoms with E-state index in [4.69, 9.17) is 25.9 Å². The number of hydrogen-bond acceptors (Lipinski definition) is 5. The van der Waals surface area contributed by atoms with Crippen LogP contribution in [0.5, 0.6) is 0 Å². The van der Waals surface area contributed by atoms with Crippen LogP contribution < -0.4 is 0 Å². The van der Waals surface area contributed by atoms with Gasteiger partial charge in [-0.15, -0.1) is 0 Å². The highest BCUT2D eigenvalue weighted by atomic mass is 35.5. The molecule has 2 atom stereocenters. The molecule has 0 amide bonds. The molecule has 1 fully saturated rings. The topological polar surface area (TPSA) is 85.5 Å². The van der Waals surface area contributed by atoms with Crippen LogP contribution in [0.3, 0.4) is 0 Å². The van der Waals surface area contributed by atoms with E-state index in [0.717, 1.165) is 65.6 Å². The normalized spacial score (nSPS) is 18.3. The Bertz CT molecular complexity index is 1290. The van der Waals surface area contributed by atoms with Crippen molar-refractivity contribution in [2.75, 3.05) is 6.61 Å². The van der Waals surface area contributed by atoms with E-state index in [1.54, 1.807) is 6.33 Å². The number of hydrogen-bond donors (Lipinski definition) is 1. The van der Waals surface area contributed by atoms with Gasteiger partial charge in [-0.1, -0.05) is 60.5 Å². The molecule has 1 N–H and O–H groups in total. The van der Waals surface area contributed by atoms with Gasteiger partial charge in [0, 0.05) is 16.1 Å². The zero-order valence-electron chi connectivity index (χ0n) is 18.6. The molecule has 0 aliphatic heterocycles. The van der Waals surface area contributed by atoms with Gasteiger partial charge in [-0.25, -0.2) is 14.8 Å². The first-order valence-corrected chi connectivity index (χ1v) is 11.9. The van der Waals surface area contributed by atoms with E-state index < -0.39 is 5.97 Å². The molecule has 2 aromatic heterocycles. The van der Waals surface area contributed by atoms with Crippen LogP contribution in [0, 0.1) is 5.92 Å². The first-order valence-electron chi connectivity index (χ1n) is 11.5. The fourth-order valence-electron chi connectivity index (χ4n) is 4.87. The smallest absolute Gasteiger partial charge is 0.329 e. The SMILES string of the molecule is O=C(O)COC1CCCC(Cc2ncnc3oc(-c4ccccc4)c(-c4ccc(Cl)cc4)c23)C1. The predicted octanol–water partition coefficient (Wildman–Crippen LogP) is 6.41. The maximum absolute atomic E-state index is 10.9. The minimum absolute atomic E-state index is 0.0351. The predicted molar refractivity (Wildman–Crippen MR) is 131 cm³/mol. The number of fused-ring (bicyclic) bond motifs is 1. The summed E-state index contributed by atoms with van der Waals surface area (Å²) in [5.74, 6) is 0.170. The van der Waals surface area contributed by atoms with Gasteiger partial charge in [0.25, 0.3) is 0 Å². The van der Waals surface area contributed by atoms with Gasteiger partial charge in [0.05, 0.1) is 17.2 Å². The number of furan rings is 1. The van der Waals surface area contributed by atoms with Crippen LogP contribution in [-0.2, 0) is 16.0 Å². The lowest BCUT2D eigenvalue weighted by atomic mass is 9.83. The van der Waals surface area contributed by atoms with Crippen molar-refractivity contribution in [3.8, 4) is 22.5 Å². The third kappa shape index (κ3) is 4.83.